The molecule has 0 aromatic carbocycles. The number of halogens is 1. The smallest absolute Gasteiger partial charge is 0.377 e. The van der Waals surface area contributed by atoms with Crippen molar-refractivity contribution in [3.63, 3.8) is 0 Å². The van der Waals surface area contributed by atoms with Crippen LogP contribution in [0.3, 0.4) is 0 Å². The predicted octanol–water partition coefficient (Wildman–Crippen LogP) is 0.904. The standard InChI is InChI=1S/C6H9N3O3.C2H5Cl/c7-3-1-2-4-8-5(6(10)11)9-12-4;1-2-3/h1-3,7H2,(H,10,11);2H2,1H3. The lowest BCUT2D eigenvalue weighted by molar-refractivity contribution is 0.0680. The highest BCUT2D eigenvalue weighted by atomic mass is 35.5. The van der Waals surface area contributed by atoms with Crippen molar-refractivity contribution in [2.75, 3.05) is 12.4 Å². The van der Waals surface area contributed by atoms with Gasteiger partial charge in [0.1, 0.15) is 0 Å². The summed E-state index contributed by atoms with van der Waals surface area (Å²) >= 11 is 5.00. The topological polar surface area (TPSA) is 102 Å². The van der Waals surface area contributed by atoms with E-state index in [-0.39, 0.29) is 5.82 Å². The van der Waals surface area contributed by atoms with E-state index < -0.39 is 5.97 Å². The molecule has 0 amide bonds. The zero-order valence-corrected chi connectivity index (χ0v) is 9.20. The van der Waals surface area contributed by atoms with Crippen LogP contribution in [0.1, 0.15) is 29.9 Å². The van der Waals surface area contributed by atoms with Crippen molar-refractivity contribution in [3.8, 4) is 0 Å². The second-order valence-electron chi connectivity index (χ2n) is 2.48. The third-order valence-corrected chi connectivity index (χ3v) is 1.25. The van der Waals surface area contributed by atoms with Crippen LogP contribution in [0.5, 0.6) is 0 Å². The van der Waals surface area contributed by atoms with Crippen LogP contribution in [-0.4, -0.2) is 33.6 Å². The molecule has 1 aromatic heterocycles. The summed E-state index contributed by atoms with van der Waals surface area (Å²) < 4.78 is 4.63. The molecule has 0 saturated carbocycles. The number of carbonyl (C=O) groups is 1. The molecule has 0 aliphatic carbocycles. The van der Waals surface area contributed by atoms with Gasteiger partial charge in [-0.3, -0.25) is 0 Å². The van der Waals surface area contributed by atoms with Gasteiger partial charge in [0.15, 0.2) is 0 Å². The molecule has 0 spiro atoms. The number of hydrogen-bond donors (Lipinski definition) is 2. The van der Waals surface area contributed by atoms with E-state index in [4.69, 9.17) is 22.4 Å². The highest BCUT2D eigenvalue weighted by Gasteiger charge is 2.11. The van der Waals surface area contributed by atoms with Crippen molar-refractivity contribution in [2.45, 2.75) is 19.8 Å². The molecule has 0 atom stereocenters. The third-order valence-electron chi connectivity index (χ3n) is 1.25. The third kappa shape index (κ3) is 6.03. The highest BCUT2D eigenvalue weighted by Crippen LogP contribution is 1.99. The van der Waals surface area contributed by atoms with Gasteiger partial charge in [-0.05, 0) is 18.1 Å². The van der Waals surface area contributed by atoms with Crippen LogP contribution >= 0.6 is 11.6 Å². The number of nitrogens with two attached hydrogens (primary N) is 1. The Morgan fingerprint density at radius 1 is 1.67 bits per heavy atom. The largest absolute Gasteiger partial charge is 0.475 e. The van der Waals surface area contributed by atoms with E-state index in [0.717, 1.165) is 5.88 Å². The molecule has 1 aromatic rings. The maximum absolute atomic E-state index is 10.3. The van der Waals surface area contributed by atoms with Crippen molar-refractivity contribution >= 4 is 17.6 Å². The van der Waals surface area contributed by atoms with Crippen LogP contribution in [-0.2, 0) is 6.42 Å². The first-order chi connectivity index (χ1) is 7.15. The number of rotatable bonds is 4. The van der Waals surface area contributed by atoms with Gasteiger partial charge in [-0.25, -0.2) is 4.79 Å². The molecular weight excluding hydrogens is 222 g/mol. The van der Waals surface area contributed by atoms with Crippen molar-refractivity contribution in [1.82, 2.24) is 10.1 Å². The van der Waals surface area contributed by atoms with Crippen LogP contribution in [0.4, 0.5) is 0 Å². The molecule has 6 nitrogen and oxygen atoms in total. The zero-order valence-electron chi connectivity index (χ0n) is 8.44. The fraction of sp³-hybridized carbons (Fsp3) is 0.625. The molecule has 0 fully saturated rings. The Kier molecular flexibility index (Phi) is 7.57. The van der Waals surface area contributed by atoms with Crippen LogP contribution in [0, 0.1) is 0 Å². The normalized spacial score (nSPS) is 9.27. The molecule has 7 heteroatoms. The number of aromatic carboxylic acids is 1. The number of carboxylic acids is 1. The minimum atomic E-state index is -1.18. The SMILES string of the molecule is CCCl.NCCCc1nc(C(=O)O)no1. The summed E-state index contributed by atoms with van der Waals surface area (Å²) in [6.07, 6.45) is 1.23. The minimum absolute atomic E-state index is 0.304. The molecule has 1 rings (SSSR count). The fourth-order valence-corrected chi connectivity index (χ4v) is 0.697. The summed E-state index contributed by atoms with van der Waals surface area (Å²) in [5, 5.41) is 11.7. The minimum Gasteiger partial charge on any atom is -0.475 e. The summed E-state index contributed by atoms with van der Waals surface area (Å²) in [7, 11) is 0. The first-order valence-corrected chi connectivity index (χ1v) is 5.01. The van der Waals surface area contributed by atoms with Crippen LogP contribution in [0.15, 0.2) is 4.52 Å². The second-order valence-corrected chi connectivity index (χ2v) is 3.01. The molecular formula is C8H14ClN3O3. The molecule has 0 saturated heterocycles. The van der Waals surface area contributed by atoms with Gasteiger partial charge in [0.2, 0.25) is 5.89 Å². The Balaban J connectivity index is 0.000000583. The van der Waals surface area contributed by atoms with Crippen molar-refractivity contribution < 1.29 is 14.4 Å². The summed E-state index contributed by atoms with van der Waals surface area (Å²) in [6.45, 7) is 2.41. The zero-order chi connectivity index (χ0) is 11.7. The van der Waals surface area contributed by atoms with Crippen molar-refractivity contribution in [1.29, 1.82) is 0 Å². The molecule has 0 aliphatic heterocycles. The molecule has 86 valence electrons. The number of aromatic nitrogens is 2. The number of nitrogens with zero attached hydrogens (tertiary/aromatic N) is 2. The first-order valence-electron chi connectivity index (χ1n) is 4.47. The van der Waals surface area contributed by atoms with Crippen molar-refractivity contribution in [3.05, 3.63) is 11.7 Å². The Morgan fingerprint density at radius 3 is 2.67 bits per heavy atom. The van der Waals surface area contributed by atoms with Crippen LogP contribution in [0.2, 0.25) is 0 Å². The molecule has 1 heterocycles. The maximum Gasteiger partial charge on any atom is 0.377 e. The molecule has 0 radical (unpaired) electrons. The molecule has 0 bridgehead atoms. The van der Waals surface area contributed by atoms with E-state index >= 15 is 0 Å². The summed E-state index contributed by atoms with van der Waals surface area (Å²) in [5.74, 6) is -0.447. The number of carboxylic acid groups (broad SMARTS) is 1. The maximum atomic E-state index is 10.3. The van der Waals surface area contributed by atoms with Gasteiger partial charge in [-0.1, -0.05) is 6.92 Å². The quantitative estimate of drug-likeness (QED) is 0.752. The van der Waals surface area contributed by atoms with Gasteiger partial charge in [0.25, 0.3) is 5.82 Å². The number of alkyl halides is 1. The lowest BCUT2D eigenvalue weighted by Gasteiger charge is -1.87. The fourth-order valence-electron chi connectivity index (χ4n) is 0.697. The van der Waals surface area contributed by atoms with E-state index in [0.29, 0.717) is 25.3 Å². The Hall–Kier alpha value is -1.14. The van der Waals surface area contributed by atoms with E-state index in [1.807, 2.05) is 6.92 Å². The van der Waals surface area contributed by atoms with Gasteiger partial charge in [-0.15, -0.1) is 11.6 Å². The Morgan fingerprint density at radius 2 is 2.27 bits per heavy atom. The highest BCUT2D eigenvalue weighted by molar-refractivity contribution is 6.17. The molecule has 0 unspecified atom stereocenters. The van der Waals surface area contributed by atoms with E-state index in [1.165, 1.54) is 0 Å². The molecule has 0 aliphatic rings. The van der Waals surface area contributed by atoms with Gasteiger partial charge >= 0.3 is 5.97 Å². The van der Waals surface area contributed by atoms with Gasteiger partial charge < -0.3 is 15.4 Å². The number of hydrogen-bond acceptors (Lipinski definition) is 5. The lowest BCUT2D eigenvalue weighted by Crippen LogP contribution is -2.01. The van der Waals surface area contributed by atoms with E-state index in [2.05, 4.69) is 14.7 Å². The summed E-state index contributed by atoms with van der Waals surface area (Å²) in [5.41, 5.74) is 5.24. The predicted molar refractivity (Wildman–Crippen MR) is 55.0 cm³/mol. The second kappa shape index (κ2) is 8.19. The Labute approximate surface area is 92.4 Å². The van der Waals surface area contributed by atoms with E-state index in [9.17, 15) is 4.79 Å². The van der Waals surface area contributed by atoms with Gasteiger partial charge in [0, 0.05) is 12.3 Å². The van der Waals surface area contributed by atoms with Crippen LogP contribution < -0.4 is 5.73 Å². The summed E-state index contributed by atoms with van der Waals surface area (Å²) in [6, 6.07) is 0. The average Bonchev–Trinajstić information content (AvgIpc) is 2.64. The average molecular weight is 236 g/mol. The molecule has 3 N–H and O–H groups in total. The Bertz CT molecular complexity index is 290. The molecule has 15 heavy (non-hydrogen) atoms. The number of aryl methyl sites for hydroxylation is 1. The van der Waals surface area contributed by atoms with Crippen molar-refractivity contribution in [2.24, 2.45) is 5.73 Å². The van der Waals surface area contributed by atoms with Crippen LogP contribution in [0.25, 0.3) is 0 Å². The summed E-state index contributed by atoms with van der Waals surface area (Å²) in [4.78, 5) is 13.9. The lowest BCUT2D eigenvalue weighted by atomic mass is 10.3. The van der Waals surface area contributed by atoms with E-state index in [1.54, 1.807) is 0 Å². The first kappa shape index (κ1) is 13.9. The monoisotopic (exact) mass is 235 g/mol. The van der Waals surface area contributed by atoms with Gasteiger partial charge in [-0.2, -0.15) is 4.98 Å². The van der Waals surface area contributed by atoms with Gasteiger partial charge in [0.05, 0.1) is 0 Å².